The molecule has 0 radical (unpaired) electrons. The molecule has 0 heterocycles. The summed E-state index contributed by atoms with van der Waals surface area (Å²) in [7, 11) is 0. The number of esters is 1. The molecular formula is C13H18N2O2S. The number of carbonyl (C=O) groups excluding carboxylic acids is 1. The van der Waals surface area contributed by atoms with Gasteiger partial charge in [-0.05, 0) is 36.7 Å². The van der Waals surface area contributed by atoms with Crippen LogP contribution in [-0.2, 0) is 9.53 Å². The van der Waals surface area contributed by atoms with Crippen LogP contribution in [0.2, 0.25) is 0 Å². The molecule has 0 aromatic heterocycles. The molecule has 18 heavy (non-hydrogen) atoms. The van der Waals surface area contributed by atoms with Gasteiger partial charge >= 0.3 is 5.97 Å². The van der Waals surface area contributed by atoms with E-state index in [4.69, 9.17) is 22.7 Å². The van der Waals surface area contributed by atoms with Crippen molar-refractivity contribution in [3.05, 3.63) is 30.3 Å². The van der Waals surface area contributed by atoms with Crippen LogP contribution in [0.3, 0.4) is 0 Å². The molecule has 0 saturated carbocycles. The van der Waals surface area contributed by atoms with Crippen molar-refractivity contribution >= 4 is 29.0 Å². The van der Waals surface area contributed by atoms with E-state index in [0.717, 1.165) is 5.69 Å². The quantitative estimate of drug-likeness (QED) is 0.646. The number of nitrogens with two attached hydrogens (primary N) is 1. The van der Waals surface area contributed by atoms with Gasteiger partial charge < -0.3 is 15.8 Å². The number of thiocarbonyl (C=S) groups is 1. The highest BCUT2D eigenvalue weighted by Gasteiger charge is 2.18. The Labute approximate surface area is 113 Å². The molecule has 0 aliphatic heterocycles. The molecule has 0 aliphatic rings. The summed E-state index contributed by atoms with van der Waals surface area (Å²) in [6.45, 7) is 3.99. The van der Waals surface area contributed by atoms with Crippen LogP contribution in [0.25, 0.3) is 0 Å². The van der Waals surface area contributed by atoms with Gasteiger partial charge in [0.05, 0.1) is 0 Å². The number of para-hydroxylation sites is 1. The zero-order chi connectivity index (χ0) is 13.5. The molecule has 1 rings (SSSR count). The lowest BCUT2D eigenvalue weighted by Gasteiger charge is -2.14. The minimum absolute atomic E-state index is 0.0189. The molecule has 0 amide bonds. The van der Waals surface area contributed by atoms with Crippen molar-refractivity contribution in [3.63, 3.8) is 0 Å². The van der Waals surface area contributed by atoms with Crippen LogP contribution in [0, 0.1) is 5.92 Å². The molecule has 0 spiro atoms. The van der Waals surface area contributed by atoms with Crippen LogP contribution >= 0.6 is 12.2 Å². The molecule has 98 valence electrons. The minimum atomic E-state index is -0.638. The second-order valence-corrected chi connectivity index (χ2v) is 4.81. The molecule has 0 bridgehead atoms. The highest BCUT2D eigenvalue weighted by Crippen LogP contribution is 2.07. The Hall–Kier alpha value is -1.46. The first kappa shape index (κ1) is 14.6. The summed E-state index contributed by atoms with van der Waals surface area (Å²) in [5, 5.41) is 2.83. The zero-order valence-corrected chi connectivity index (χ0v) is 11.4. The summed E-state index contributed by atoms with van der Waals surface area (Å²) in [6, 6.07) is 8.62. The Balaban J connectivity index is 2.43. The van der Waals surface area contributed by atoms with Gasteiger partial charge in [0.2, 0.25) is 0 Å². The molecule has 0 fully saturated rings. The van der Waals surface area contributed by atoms with Crippen molar-refractivity contribution in [1.82, 2.24) is 0 Å². The summed E-state index contributed by atoms with van der Waals surface area (Å²) in [5.41, 5.74) is 6.47. The van der Waals surface area contributed by atoms with Crippen LogP contribution < -0.4 is 11.1 Å². The third-order valence-corrected chi connectivity index (χ3v) is 2.43. The summed E-state index contributed by atoms with van der Waals surface area (Å²) in [6.07, 6.45) is 0.576. The average Bonchev–Trinajstić information content (AvgIpc) is 2.29. The first-order valence-corrected chi connectivity index (χ1v) is 6.23. The van der Waals surface area contributed by atoms with Crippen LogP contribution in [-0.4, -0.2) is 17.2 Å². The molecule has 3 N–H and O–H groups in total. The lowest BCUT2D eigenvalue weighted by Crippen LogP contribution is -2.35. The van der Waals surface area contributed by atoms with Crippen molar-refractivity contribution in [1.29, 1.82) is 0 Å². The fraction of sp³-hybridized carbons (Fsp3) is 0.385. The molecule has 0 aliphatic carbocycles. The van der Waals surface area contributed by atoms with E-state index >= 15 is 0 Å². The third kappa shape index (κ3) is 5.25. The second-order valence-electron chi connectivity index (χ2n) is 4.44. The van der Waals surface area contributed by atoms with Gasteiger partial charge in [0, 0.05) is 5.69 Å². The van der Waals surface area contributed by atoms with Gasteiger partial charge in [0.1, 0.15) is 6.04 Å². The second kappa shape index (κ2) is 7.08. The summed E-state index contributed by atoms with van der Waals surface area (Å²) in [4.78, 5) is 11.6. The van der Waals surface area contributed by atoms with E-state index in [2.05, 4.69) is 5.32 Å². The molecule has 5 heteroatoms. The third-order valence-electron chi connectivity index (χ3n) is 2.24. The fourth-order valence-corrected chi connectivity index (χ4v) is 1.64. The van der Waals surface area contributed by atoms with Crippen molar-refractivity contribution in [2.75, 3.05) is 5.32 Å². The number of hydrogen-bond donors (Lipinski definition) is 2. The molecule has 1 aromatic rings. The first-order valence-electron chi connectivity index (χ1n) is 5.82. The maximum Gasteiger partial charge on any atom is 0.330 e. The highest BCUT2D eigenvalue weighted by atomic mass is 32.1. The minimum Gasteiger partial charge on any atom is -0.398 e. The predicted molar refractivity (Wildman–Crippen MR) is 76.2 cm³/mol. The summed E-state index contributed by atoms with van der Waals surface area (Å²) < 4.78 is 4.97. The Morgan fingerprint density at radius 2 is 2.00 bits per heavy atom. The topological polar surface area (TPSA) is 64.4 Å². The number of benzene rings is 1. The van der Waals surface area contributed by atoms with E-state index in [-0.39, 0.29) is 5.17 Å². The van der Waals surface area contributed by atoms with Gasteiger partial charge in [0.15, 0.2) is 0 Å². The SMILES string of the molecule is CC(C)C[C@H](N)C(=O)OC(=S)Nc1ccccc1. The Morgan fingerprint density at radius 1 is 1.39 bits per heavy atom. The van der Waals surface area contributed by atoms with E-state index in [9.17, 15) is 4.79 Å². The average molecular weight is 266 g/mol. The monoisotopic (exact) mass is 266 g/mol. The molecular weight excluding hydrogens is 248 g/mol. The molecule has 1 aromatic carbocycles. The molecule has 1 atom stereocenters. The first-order chi connectivity index (χ1) is 8.49. The van der Waals surface area contributed by atoms with Gasteiger partial charge in [-0.1, -0.05) is 32.0 Å². The predicted octanol–water partition coefficient (Wildman–Crippen LogP) is 2.30. The van der Waals surface area contributed by atoms with E-state index in [1.165, 1.54) is 0 Å². The number of anilines is 1. The van der Waals surface area contributed by atoms with Crippen LogP contribution in [0.5, 0.6) is 0 Å². The maximum atomic E-state index is 11.6. The van der Waals surface area contributed by atoms with Crippen molar-refractivity contribution < 1.29 is 9.53 Å². The number of ether oxygens (including phenoxy) is 1. The number of rotatable bonds is 4. The standard InChI is InChI=1S/C13H18N2O2S/c1-9(2)8-11(14)12(16)17-13(18)15-10-6-4-3-5-7-10/h3-7,9,11H,8,14H2,1-2H3,(H,15,18)/t11-/m0/s1. The molecule has 0 unspecified atom stereocenters. The van der Waals surface area contributed by atoms with Crippen molar-refractivity contribution in [2.45, 2.75) is 26.3 Å². The van der Waals surface area contributed by atoms with E-state index in [0.29, 0.717) is 12.3 Å². The lowest BCUT2D eigenvalue weighted by molar-refractivity contribution is -0.137. The Bertz CT molecular complexity index is 407. The number of nitrogens with one attached hydrogen (secondary N) is 1. The van der Waals surface area contributed by atoms with Gasteiger partial charge in [-0.2, -0.15) is 0 Å². The van der Waals surface area contributed by atoms with Crippen LogP contribution in [0.15, 0.2) is 30.3 Å². The summed E-state index contributed by atoms with van der Waals surface area (Å²) in [5.74, 6) is -0.166. The normalized spacial score (nSPS) is 12.0. The summed E-state index contributed by atoms with van der Waals surface area (Å²) >= 11 is 4.94. The van der Waals surface area contributed by atoms with Gasteiger partial charge in [-0.25, -0.2) is 4.79 Å². The number of carbonyl (C=O) groups is 1. The fourth-order valence-electron chi connectivity index (χ4n) is 1.44. The Morgan fingerprint density at radius 3 is 2.56 bits per heavy atom. The van der Waals surface area contributed by atoms with E-state index < -0.39 is 12.0 Å². The van der Waals surface area contributed by atoms with Crippen molar-refractivity contribution in [3.8, 4) is 0 Å². The lowest BCUT2D eigenvalue weighted by atomic mass is 10.1. The maximum absolute atomic E-state index is 11.6. The van der Waals surface area contributed by atoms with Gasteiger partial charge in [-0.15, -0.1) is 0 Å². The highest BCUT2D eigenvalue weighted by molar-refractivity contribution is 7.80. The van der Waals surface area contributed by atoms with Crippen LogP contribution in [0.1, 0.15) is 20.3 Å². The molecule has 0 saturated heterocycles. The smallest absolute Gasteiger partial charge is 0.330 e. The van der Waals surface area contributed by atoms with Crippen molar-refractivity contribution in [2.24, 2.45) is 11.7 Å². The van der Waals surface area contributed by atoms with Crippen LogP contribution in [0.4, 0.5) is 5.69 Å². The van der Waals surface area contributed by atoms with E-state index in [1.54, 1.807) is 0 Å². The largest absolute Gasteiger partial charge is 0.398 e. The Kier molecular flexibility index (Phi) is 5.74. The number of hydrogen-bond acceptors (Lipinski definition) is 4. The van der Waals surface area contributed by atoms with E-state index in [1.807, 2.05) is 44.2 Å². The van der Waals surface area contributed by atoms with Gasteiger partial charge in [0.25, 0.3) is 5.17 Å². The molecule has 4 nitrogen and oxygen atoms in total. The van der Waals surface area contributed by atoms with Gasteiger partial charge in [-0.3, -0.25) is 0 Å². The zero-order valence-electron chi connectivity index (χ0n) is 10.6.